The summed E-state index contributed by atoms with van der Waals surface area (Å²) in [6.45, 7) is 6.58. The van der Waals surface area contributed by atoms with Crippen LogP contribution in [0, 0.1) is 6.92 Å². The highest BCUT2D eigenvalue weighted by molar-refractivity contribution is 5.91. The number of hydrogen-bond donors (Lipinski definition) is 2. The van der Waals surface area contributed by atoms with Crippen LogP contribution < -0.4 is 11.1 Å². The average Bonchev–Trinajstić information content (AvgIpc) is 2.41. The molecule has 0 saturated heterocycles. The van der Waals surface area contributed by atoms with Gasteiger partial charge in [0.2, 0.25) is 6.35 Å². The summed E-state index contributed by atoms with van der Waals surface area (Å²) >= 11 is 0. The minimum Gasteiger partial charge on any atom is -0.384 e. The number of benzene rings is 1. The van der Waals surface area contributed by atoms with Crippen LogP contribution in [0.4, 0.5) is 0 Å². The molecule has 18 heavy (non-hydrogen) atoms. The maximum Gasteiger partial charge on any atom is 0.227 e. The second kappa shape index (κ2) is 7.50. The second-order valence-corrected chi connectivity index (χ2v) is 3.70. The molecule has 0 bridgehead atoms. The van der Waals surface area contributed by atoms with Crippen LogP contribution >= 0.6 is 0 Å². The topological polar surface area (TPSA) is 59.6 Å². The molecule has 2 rings (SSSR count). The van der Waals surface area contributed by atoms with E-state index in [4.69, 9.17) is 10.5 Å². The van der Waals surface area contributed by atoms with E-state index in [9.17, 15) is 0 Å². The first-order valence-electron chi connectivity index (χ1n) is 6.17. The van der Waals surface area contributed by atoms with Gasteiger partial charge in [0, 0.05) is 6.20 Å². The van der Waals surface area contributed by atoms with Crippen molar-refractivity contribution in [2.45, 2.75) is 33.7 Å². The summed E-state index contributed by atoms with van der Waals surface area (Å²) < 4.78 is 5.55. The van der Waals surface area contributed by atoms with E-state index >= 15 is 0 Å². The molecule has 1 unspecified atom stereocenters. The van der Waals surface area contributed by atoms with Crippen molar-refractivity contribution in [2.75, 3.05) is 0 Å². The van der Waals surface area contributed by atoms with Gasteiger partial charge in [0.25, 0.3) is 0 Å². The third-order valence-electron chi connectivity index (χ3n) is 2.29. The van der Waals surface area contributed by atoms with Gasteiger partial charge < -0.3 is 15.8 Å². The van der Waals surface area contributed by atoms with Gasteiger partial charge in [0.05, 0.1) is 6.61 Å². The summed E-state index contributed by atoms with van der Waals surface area (Å²) in [5.41, 5.74) is 7.92. The van der Waals surface area contributed by atoms with Crippen molar-refractivity contribution < 1.29 is 4.74 Å². The lowest BCUT2D eigenvalue weighted by atomic mass is 10.2. The molecule has 0 fully saturated rings. The fourth-order valence-corrected chi connectivity index (χ4v) is 1.38. The van der Waals surface area contributed by atoms with Crippen LogP contribution in [0.3, 0.4) is 0 Å². The Balaban J connectivity index is 0.000000771. The number of rotatable bonds is 3. The Hall–Kier alpha value is -1.81. The van der Waals surface area contributed by atoms with Crippen LogP contribution in [0.5, 0.6) is 0 Å². The Bertz CT molecular complexity index is 410. The van der Waals surface area contributed by atoms with Crippen LogP contribution in [0.15, 0.2) is 41.5 Å². The zero-order chi connectivity index (χ0) is 13.4. The number of aliphatic imine (C=N–C) groups is 1. The van der Waals surface area contributed by atoms with E-state index in [0.29, 0.717) is 12.4 Å². The lowest BCUT2D eigenvalue weighted by Gasteiger charge is -2.17. The van der Waals surface area contributed by atoms with E-state index in [0.717, 1.165) is 5.56 Å². The normalized spacial score (nSPS) is 17.3. The van der Waals surface area contributed by atoms with Gasteiger partial charge in [-0.15, -0.1) is 0 Å². The minimum absolute atomic E-state index is 0.383. The molecule has 1 aromatic rings. The highest BCUT2D eigenvalue weighted by Crippen LogP contribution is 2.06. The lowest BCUT2D eigenvalue weighted by molar-refractivity contribution is 0.0322. The first-order chi connectivity index (χ1) is 8.74. The van der Waals surface area contributed by atoms with Crippen molar-refractivity contribution in [3.05, 3.63) is 47.7 Å². The van der Waals surface area contributed by atoms with Gasteiger partial charge in [-0.2, -0.15) is 0 Å². The van der Waals surface area contributed by atoms with E-state index < -0.39 is 0 Å². The number of aryl methyl sites for hydroxylation is 1. The van der Waals surface area contributed by atoms with Crippen molar-refractivity contribution in [2.24, 2.45) is 10.7 Å². The Labute approximate surface area is 109 Å². The van der Waals surface area contributed by atoms with E-state index in [1.807, 2.05) is 26.0 Å². The smallest absolute Gasteiger partial charge is 0.227 e. The van der Waals surface area contributed by atoms with Crippen LogP contribution in [-0.2, 0) is 11.3 Å². The molecule has 0 aromatic heterocycles. The molecule has 4 heteroatoms. The predicted molar refractivity (Wildman–Crippen MR) is 75.0 cm³/mol. The molecule has 0 radical (unpaired) electrons. The van der Waals surface area contributed by atoms with Gasteiger partial charge in [-0.1, -0.05) is 43.7 Å². The predicted octanol–water partition coefficient (Wildman–Crippen LogP) is 2.30. The third-order valence-corrected chi connectivity index (χ3v) is 2.29. The lowest BCUT2D eigenvalue weighted by Crippen LogP contribution is -2.31. The molecule has 98 valence electrons. The SMILES string of the molecule is CC.Cc1ccc(COC2N=C(N)C=CN2)cc1. The molecule has 0 saturated carbocycles. The Morgan fingerprint density at radius 1 is 1.28 bits per heavy atom. The van der Waals surface area contributed by atoms with E-state index in [2.05, 4.69) is 29.4 Å². The molecule has 4 nitrogen and oxygen atoms in total. The van der Waals surface area contributed by atoms with Crippen LogP contribution in [0.2, 0.25) is 0 Å². The second-order valence-electron chi connectivity index (χ2n) is 3.70. The molecule has 1 aromatic carbocycles. The molecule has 3 N–H and O–H groups in total. The van der Waals surface area contributed by atoms with Gasteiger partial charge in [0.15, 0.2) is 0 Å². The van der Waals surface area contributed by atoms with Gasteiger partial charge in [-0.25, -0.2) is 4.99 Å². The first kappa shape index (κ1) is 14.3. The first-order valence-corrected chi connectivity index (χ1v) is 6.17. The molecular formula is C14H21N3O. The van der Waals surface area contributed by atoms with Crippen LogP contribution in [0.1, 0.15) is 25.0 Å². The molecule has 1 aliphatic rings. The van der Waals surface area contributed by atoms with Gasteiger partial charge in [-0.05, 0) is 18.6 Å². The van der Waals surface area contributed by atoms with E-state index in [1.165, 1.54) is 5.56 Å². The Morgan fingerprint density at radius 2 is 1.94 bits per heavy atom. The number of hydrogen-bond acceptors (Lipinski definition) is 4. The van der Waals surface area contributed by atoms with Gasteiger partial charge >= 0.3 is 0 Å². The minimum atomic E-state index is -0.383. The summed E-state index contributed by atoms with van der Waals surface area (Å²) in [5, 5.41) is 2.96. The van der Waals surface area contributed by atoms with E-state index in [1.54, 1.807) is 12.3 Å². The standard InChI is InChI=1S/C12H15N3O.C2H6/c1-9-2-4-10(5-3-9)8-16-12-14-7-6-11(13)15-12;1-2/h2-7,12,14H,8H2,1H3,(H2,13,15);1-2H3. The van der Waals surface area contributed by atoms with Crippen LogP contribution in [-0.4, -0.2) is 12.2 Å². The summed E-state index contributed by atoms with van der Waals surface area (Å²) in [4.78, 5) is 4.09. The third kappa shape index (κ3) is 4.59. The quantitative estimate of drug-likeness (QED) is 0.861. The van der Waals surface area contributed by atoms with Crippen molar-refractivity contribution in [3.63, 3.8) is 0 Å². The number of amidine groups is 1. The maximum absolute atomic E-state index is 5.56. The largest absolute Gasteiger partial charge is 0.384 e. The van der Waals surface area contributed by atoms with Crippen LogP contribution in [0.25, 0.3) is 0 Å². The monoisotopic (exact) mass is 247 g/mol. The zero-order valence-corrected chi connectivity index (χ0v) is 11.2. The van der Waals surface area contributed by atoms with Gasteiger partial charge in [0.1, 0.15) is 5.84 Å². The number of ether oxygens (including phenoxy) is 1. The molecule has 1 atom stereocenters. The van der Waals surface area contributed by atoms with Crippen molar-refractivity contribution >= 4 is 5.84 Å². The summed E-state index contributed by atoms with van der Waals surface area (Å²) in [6, 6.07) is 8.21. The van der Waals surface area contributed by atoms with Crippen molar-refractivity contribution in [1.82, 2.24) is 5.32 Å². The number of nitrogens with two attached hydrogens (primary N) is 1. The zero-order valence-electron chi connectivity index (χ0n) is 11.2. The molecule has 0 aliphatic carbocycles. The Kier molecular flexibility index (Phi) is 5.94. The highest BCUT2D eigenvalue weighted by Gasteiger charge is 2.07. The summed E-state index contributed by atoms with van der Waals surface area (Å²) in [6.07, 6.45) is 3.06. The van der Waals surface area contributed by atoms with Crippen molar-refractivity contribution in [1.29, 1.82) is 0 Å². The summed E-state index contributed by atoms with van der Waals surface area (Å²) in [7, 11) is 0. The fraction of sp³-hybridized carbons (Fsp3) is 0.357. The van der Waals surface area contributed by atoms with Crippen molar-refractivity contribution in [3.8, 4) is 0 Å². The summed E-state index contributed by atoms with van der Waals surface area (Å²) in [5.74, 6) is 0.479. The number of nitrogens with one attached hydrogen (secondary N) is 1. The molecule has 0 spiro atoms. The molecular weight excluding hydrogens is 226 g/mol. The maximum atomic E-state index is 5.56. The molecule has 1 heterocycles. The van der Waals surface area contributed by atoms with E-state index in [-0.39, 0.29) is 6.35 Å². The van der Waals surface area contributed by atoms with Gasteiger partial charge in [-0.3, -0.25) is 0 Å². The average molecular weight is 247 g/mol. The number of nitrogens with zero attached hydrogens (tertiary/aromatic N) is 1. The molecule has 0 amide bonds. The highest BCUT2D eigenvalue weighted by atomic mass is 16.5. The fourth-order valence-electron chi connectivity index (χ4n) is 1.38. The molecule has 1 aliphatic heterocycles. The Morgan fingerprint density at radius 3 is 2.56 bits per heavy atom.